The van der Waals surface area contributed by atoms with Gasteiger partial charge in [0.1, 0.15) is 10.6 Å². The summed E-state index contributed by atoms with van der Waals surface area (Å²) in [6.07, 6.45) is 0. The smallest absolute Gasteiger partial charge is 0.294 e. The summed E-state index contributed by atoms with van der Waals surface area (Å²) in [5.41, 5.74) is 0.0961. The number of carbonyl (C=O) groups excluding carboxylic acids is 1. The van der Waals surface area contributed by atoms with Gasteiger partial charge in [0.25, 0.3) is 16.0 Å². The first-order chi connectivity index (χ1) is 13.6. The fraction of sp³-hybridized carbons (Fsp3) is 0.235. The van der Waals surface area contributed by atoms with Crippen LogP contribution in [0.1, 0.15) is 10.4 Å². The minimum Gasteiger partial charge on any atom is -0.495 e. The van der Waals surface area contributed by atoms with Gasteiger partial charge in [-0.3, -0.25) is 9.35 Å². The van der Waals surface area contributed by atoms with Crippen LogP contribution in [-0.4, -0.2) is 54.7 Å². The fourth-order valence-electron chi connectivity index (χ4n) is 2.32. The van der Waals surface area contributed by atoms with E-state index in [0.29, 0.717) is 0 Å². The zero-order valence-corrected chi connectivity index (χ0v) is 17.2. The summed E-state index contributed by atoms with van der Waals surface area (Å²) in [5.74, 6) is -0.645. The third kappa shape index (κ3) is 5.98. The molecular weight excluding hydrogens is 424 g/mol. The summed E-state index contributed by atoms with van der Waals surface area (Å²) in [7, 11) is -5.69. The number of methoxy groups -OCH3 is 2. The lowest BCUT2D eigenvalue weighted by atomic mass is 10.2. The Balaban J connectivity index is 2.32. The molecule has 0 heterocycles. The summed E-state index contributed by atoms with van der Waals surface area (Å²) in [4.78, 5) is 11.9. The van der Waals surface area contributed by atoms with Gasteiger partial charge < -0.3 is 14.8 Å². The third-order valence-electron chi connectivity index (χ3n) is 3.70. The first-order valence-corrected chi connectivity index (χ1v) is 11.1. The summed E-state index contributed by atoms with van der Waals surface area (Å²) >= 11 is 0. The molecule has 0 unspecified atom stereocenters. The molecule has 3 N–H and O–H groups in total. The van der Waals surface area contributed by atoms with Crippen molar-refractivity contribution in [1.29, 1.82) is 0 Å². The van der Waals surface area contributed by atoms with Gasteiger partial charge in [0.2, 0.25) is 10.0 Å². The molecule has 0 fully saturated rings. The van der Waals surface area contributed by atoms with E-state index in [1.54, 1.807) is 0 Å². The van der Waals surface area contributed by atoms with E-state index in [2.05, 4.69) is 10.0 Å². The molecule has 0 saturated carbocycles. The van der Waals surface area contributed by atoms with Crippen LogP contribution >= 0.6 is 0 Å². The number of nitrogens with one attached hydrogen (secondary N) is 2. The van der Waals surface area contributed by atoms with Crippen molar-refractivity contribution in [2.24, 2.45) is 0 Å². The van der Waals surface area contributed by atoms with E-state index in [0.717, 1.165) is 18.2 Å². The van der Waals surface area contributed by atoms with Gasteiger partial charge in [-0.15, -0.1) is 0 Å². The molecular formula is C17H20N2O8S2. The van der Waals surface area contributed by atoms with Crippen LogP contribution in [-0.2, 0) is 24.9 Å². The number of benzene rings is 2. The molecule has 0 atom stereocenters. The highest BCUT2D eigenvalue weighted by Crippen LogP contribution is 2.25. The van der Waals surface area contributed by atoms with E-state index in [1.165, 1.54) is 38.5 Å². The maximum absolute atomic E-state index is 12.5. The quantitative estimate of drug-likeness (QED) is 0.385. The van der Waals surface area contributed by atoms with E-state index in [9.17, 15) is 21.6 Å². The number of sulfonamides is 1. The number of hydrogen-bond acceptors (Lipinski definition) is 7. The second kappa shape index (κ2) is 9.33. The molecule has 2 aromatic carbocycles. The van der Waals surface area contributed by atoms with Crippen molar-refractivity contribution in [3.63, 3.8) is 0 Å². The van der Waals surface area contributed by atoms with Crippen LogP contribution in [0.15, 0.2) is 52.3 Å². The lowest BCUT2D eigenvalue weighted by Gasteiger charge is -2.13. The van der Waals surface area contributed by atoms with E-state index in [-0.39, 0.29) is 35.0 Å². The van der Waals surface area contributed by atoms with Gasteiger partial charge in [0.15, 0.2) is 0 Å². The van der Waals surface area contributed by atoms with Crippen LogP contribution in [0.4, 0.5) is 5.69 Å². The summed E-state index contributed by atoms with van der Waals surface area (Å²) in [5, 5.41) is 2.45. The zero-order chi connectivity index (χ0) is 21.7. The highest BCUT2D eigenvalue weighted by molar-refractivity contribution is 7.89. The Bertz CT molecular complexity index is 1100. The Kier molecular flexibility index (Phi) is 7.32. The Labute approximate surface area is 168 Å². The summed E-state index contributed by atoms with van der Waals surface area (Å²) in [6.45, 7) is 0.187. The molecule has 0 aliphatic heterocycles. The number of carbonyl (C=O) groups is 1. The summed E-state index contributed by atoms with van der Waals surface area (Å²) < 4.78 is 68.8. The Hall–Kier alpha value is -2.51. The van der Waals surface area contributed by atoms with Crippen molar-refractivity contribution in [1.82, 2.24) is 4.72 Å². The largest absolute Gasteiger partial charge is 0.495 e. The van der Waals surface area contributed by atoms with Crippen molar-refractivity contribution in [2.75, 3.05) is 32.7 Å². The van der Waals surface area contributed by atoms with E-state index < -0.39 is 30.9 Å². The molecule has 2 aromatic rings. The summed E-state index contributed by atoms with van der Waals surface area (Å²) in [6, 6.07) is 8.80. The molecule has 158 valence electrons. The molecule has 1 amide bonds. The fourth-order valence-corrected chi connectivity index (χ4v) is 4.05. The third-order valence-corrected chi connectivity index (χ3v) is 6.04. The Morgan fingerprint density at radius 3 is 2.41 bits per heavy atom. The molecule has 2 rings (SSSR count). The molecule has 12 heteroatoms. The highest BCUT2D eigenvalue weighted by atomic mass is 32.2. The number of anilines is 1. The Morgan fingerprint density at radius 1 is 1.07 bits per heavy atom. The molecule has 0 spiro atoms. The first-order valence-electron chi connectivity index (χ1n) is 8.14. The standard InChI is InChI=1S/C17H20N2O8S2/c1-26-9-8-18-28(21,22)16-10-12(6-7-15(16)27-2)17(20)19-13-4-3-5-14(11-13)29(23,24)25/h3-7,10-11,18H,8-9H2,1-2H3,(H,19,20)(H,23,24,25). The average molecular weight is 444 g/mol. The lowest BCUT2D eigenvalue weighted by molar-refractivity contribution is 0.102. The second-order valence-electron chi connectivity index (χ2n) is 5.71. The molecule has 0 saturated heterocycles. The number of amides is 1. The number of ether oxygens (including phenoxy) is 2. The SMILES string of the molecule is COCCNS(=O)(=O)c1cc(C(=O)Nc2cccc(S(=O)(=O)O)c2)ccc1OC. The predicted molar refractivity (Wildman–Crippen MR) is 104 cm³/mol. The van der Waals surface area contributed by atoms with Gasteiger partial charge in [-0.1, -0.05) is 6.07 Å². The van der Waals surface area contributed by atoms with Gasteiger partial charge >= 0.3 is 0 Å². The van der Waals surface area contributed by atoms with Crippen LogP contribution in [0.3, 0.4) is 0 Å². The minimum absolute atomic E-state index is 0.00447. The maximum Gasteiger partial charge on any atom is 0.294 e. The van der Waals surface area contributed by atoms with Gasteiger partial charge in [-0.2, -0.15) is 8.42 Å². The van der Waals surface area contributed by atoms with Gasteiger partial charge in [-0.25, -0.2) is 13.1 Å². The number of rotatable bonds is 9. The second-order valence-corrected chi connectivity index (χ2v) is 8.87. The molecule has 0 bridgehead atoms. The molecule has 0 aromatic heterocycles. The van der Waals surface area contributed by atoms with E-state index in [1.807, 2.05) is 0 Å². The maximum atomic E-state index is 12.5. The lowest BCUT2D eigenvalue weighted by Crippen LogP contribution is -2.28. The normalized spacial score (nSPS) is 11.8. The predicted octanol–water partition coefficient (Wildman–Crippen LogP) is 1.12. The van der Waals surface area contributed by atoms with Crippen LogP contribution in [0, 0.1) is 0 Å². The van der Waals surface area contributed by atoms with E-state index in [4.69, 9.17) is 14.0 Å². The van der Waals surface area contributed by atoms with Gasteiger partial charge in [0.05, 0.1) is 18.6 Å². The first kappa shape index (κ1) is 22.8. The Morgan fingerprint density at radius 2 is 1.79 bits per heavy atom. The molecule has 10 nitrogen and oxygen atoms in total. The van der Waals surface area contributed by atoms with Crippen LogP contribution in [0.25, 0.3) is 0 Å². The number of hydrogen-bond donors (Lipinski definition) is 3. The molecule has 29 heavy (non-hydrogen) atoms. The topological polar surface area (TPSA) is 148 Å². The van der Waals surface area contributed by atoms with Crippen molar-refractivity contribution >= 4 is 31.7 Å². The molecule has 0 aliphatic carbocycles. The van der Waals surface area contributed by atoms with Crippen molar-refractivity contribution in [3.8, 4) is 5.75 Å². The van der Waals surface area contributed by atoms with Crippen molar-refractivity contribution in [2.45, 2.75) is 9.79 Å². The van der Waals surface area contributed by atoms with Crippen LogP contribution in [0.2, 0.25) is 0 Å². The molecule has 0 aliphatic rings. The van der Waals surface area contributed by atoms with Gasteiger partial charge in [-0.05, 0) is 36.4 Å². The monoisotopic (exact) mass is 444 g/mol. The highest BCUT2D eigenvalue weighted by Gasteiger charge is 2.21. The van der Waals surface area contributed by atoms with Crippen LogP contribution < -0.4 is 14.8 Å². The van der Waals surface area contributed by atoms with Crippen molar-refractivity contribution < 1.29 is 35.7 Å². The van der Waals surface area contributed by atoms with E-state index >= 15 is 0 Å². The zero-order valence-electron chi connectivity index (χ0n) is 15.6. The molecule has 0 radical (unpaired) electrons. The van der Waals surface area contributed by atoms with Crippen molar-refractivity contribution in [3.05, 3.63) is 48.0 Å². The van der Waals surface area contributed by atoms with Crippen LogP contribution in [0.5, 0.6) is 5.75 Å². The minimum atomic E-state index is -4.44. The van der Waals surface area contributed by atoms with Gasteiger partial charge in [0, 0.05) is 24.9 Å². The average Bonchev–Trinajstić information content (AvgIpc) is 2.67.